The third-order valence-electron chi connectivity index (χ3n) is 3.61. The molecule has 0 unspecified atom stereocenters. The molecule has 0 radical (unpaired) electrons. The van der Waals surface area contributed by atoms with Crippen LogP contribution in [0.5, 0.6) is 0 Å². The van der Waals surface area contributed by atoms with E-state index in [1.165, 1.54) is 25.7 Å². The molecule has 1 aliphatic rings. The number of hydrogen-bond donors (Lipinski definition) is 1. The Morgan fingerprint density at radius 2 is 1.88 bits per heavy atom. The van der Waals surface area contributed by atoms with E-state index in [9.17, 15) is 0 Å². The second-order valence-corrected chi connectivity index (χ2v) is 6.03. The minimum absolute atomic E-state index is 0.377. The van der Waals surface area contributed by atoms with Crippen LogP contribution < -0.4 is 5.32 Å². The molecule has 1 fully saturated rings. The zero-order valence-corrected chi connectivity index (χ0v) is 11.6. The molecule has 0 spiro atoms. The fourth-order valence-electron chi connectivity index (χ4n) is 2.24. The van der Waals surface area contributed by atoms with Crippen LogP contribution in [-0.4, -0.2) is 32.7 Å². The number of nitrogens with zero attached hydrogens (tertiary/aromatic N) is 3. The van der Waals surface area contributed by atoms with Gasteiger partial charge in [-0.15, -0.1) is 5.10 Å². The highest BCUT2D eigenvalue weighted by Gasteiger charge is 2.32. The molecule has 0 aliphatic heterocycles. The van der Waals surface area contributed by atoms with E-state index >= 15 is 0 Å². The van der Waals surface area contributed by atoms with Crippen LogP contribution in [0.4, 0.5) is 5.95 Å². The molecule has 4 nitrogen and oxygen atoms in total. The quantitative estimate of drug-likeness (QED) is 0.892. The SMILES string of the molecule is CSC1(CNc2nnc(C)c(C)n2)CCCC1. The van der Waals surface area contributed by atoms with Crippen LogP contribution in [0.25, 0.3) is 0 Å². The molecule has 5 heteroatoms. The predicted molar refractivity (Wildman–Crippen MR) is 72.5 cm³/mol. The Morgan fingerprint density at radius 3 is 2.47 bits per heavy atom. The van der Waals surface area contributed by atoms with Gasteiger partial charge in [0.05, 0.1) is 11.4 Å². The molecule has 94 valence electrons. The molecule has 1 N–H and O–H groups in total. The van der Waals surface area contributed by atoms with E-state index in [-0.39, 0.29) is 0 Å². The molecular weight excluding hydrogens is 232 g/mol. The largest absolute Gasteiger partial charge is 0.352 e. The zero-order chi connectivity index (χ0) is 12.3. The molecule has 1 aliphatic carbocycles. The summed E-state index contributed by atoms with van der Waals surface area (Å²) in [4.78, 5) is 4.41. The van der Waals surface area contributed by atoms with Crippen molar-refractivity contribution < 1.29 is 0 Å². The van der Waals surface area contributed by atoms with Crippen LogP contribution in [-0.2, 0) is 0 Å². The smallest absolute Gasteiger partial charge is 0.243 e. The van der Waals surface area contributed by atoms with Crippen LogP contribution >= 0.6 is 11.8 Å². The molecule has 2 rings (SSSR count). The molecule has 0 amide bonds. The second-order valence-electron chi connectivity index (χ2n) is 4.75. The Morgan fingerprint density at radius 1 is 1.18 bits per heavy atom. The van der Waals surface area contributed by atoms with E-state index in [4.69, 9.17) is 0 Å². The number of aromatic nitrogens is 3. The van der Waals surface area contributed by atoms with Gasteiger partial charge in [-0.1, -0.05) is 12.8 Å². The van der Waals surface area contributed by atoms with Gasteiger partial charge in [-0.2, -0.15) is 16.9 Å². The van der Waals surface area contributed by atoms with E-state index in [1.807, 2.05) is 25.6 Å². The number of rotatable bonds is 4. The molecule has 1 aromatic heterocycles. The Hall–Kier alpha value is -0.840. The van der Waals surface area contributed by atoms with Crippen molar-refractivity contribution in [3.63, 3.8) is 0 Å². The first-order valence-corrected chi connectivity index (χ1v) is 7.35. The lowest BCUT2D eigenvalue weighted by Gasteiger charge is -2.26. The van der Waals surface area contributed by atoms with E-state index in [0.717, 1.165) is 17.9 Å². The maximum Gasteiger partial charge on any atom is 0.243 e. The third kappa shape index (κ3) is 2.89. The lowest BCUT2D eigenvalue weighted by molar-refractivity contribution is 0.635. The van der Waals surface area contributed by atoms with Crippen molar-refractivity contribution in [1.29, 1.82) is 0 Å². The Bertz CT molecular complexity index is 388. The van der Waals surface area contributed by atoms with Crippen molar-refractivity contribution in [2.75, 3.05) is 18.1 Å². The van der Waals surface area contributed by atoms with Crippen molar-refractivity contribution >= 4 is 17.7 Å². The van der Waals surface area contributed by atoms with Crippen molar-refractivity contribution in [2.45, 2.75) is 44.3 Å². The van der Waals surface area contributed by atoms with Crippen LogP contribution in [0.15, 0.2) is 0 Å². The summed E-state index contributed by atoms with van der Waals surface area (Å²) in [6.07, 6.45) is 7.47. The van der Waals surface area contributed by atoms with Gasteiger partial charge in [0.1, 0.15) is 0 Å². The first-order valence-electron chi connectivity index (χ1n) is 6.12. The van der Waals surface area contributed by atoms with Crippen LogP contribution in [0.1, 0.15) is 37.1 Å². The van der Waals surface area contributed by atoms with E-state index in [1.54, 1.807) is 0 Å². The molecule has 0 saturated heterocycles. The molecule has 0 aromatic carbocycles. The van der Waals surface area contributed by atoms with Gasteiger partial charge in [0.15, 0.2) is 0 Å². The highest BCUT2D eigenvalue weighted by Crippen LogP contribution is 2.40. The molecule has 1 saturated carbocycles. The summed E-state index contributed by atoms with van der Waals surface area (Å²) in [5.41, 5.74) is 1.85. The zero-order valence-electron chi connectivity index (χ0n) is 10.8. The van der Waals surface area contributed by atoms with Gasteiger partial charge in [0.2, 0.25) is 5.95 Å². The summed E-state index contributed by atoms with van der Waals surface area (Å²) in [5.74, 6) is 0.661. The monoisotopic (exact) mass is 252 g/mol. The molecule has 0 atom stereocenters. The van der Waals surface area contributed by atoms with Crippen molar-refractivity contribution in [2.24, 2.45) is 0 Å². The number of hydrogen-bond acceptors (Lipinski definition) is 5. The average Bonchev–Trinajstić information content (AvgIpc) is 2.80. The number of thioether (sulfide) groups is 1. The Kier molecular flexibility index (Phi) is 3.86. The van der Waals surface area contributed by atoms with Crippen molar-refractivity contribution in [3.05, 3.63) is 11.4 Å². The fourth-order valence-corrected chi connectivity index (χ4v) is 3.16. The van der Waals surface area contributed by atoms with Gasteiger partial charge < -0.3 is 5.32 Å². The third-order valence-corrected chi connectivity index (χ3v) is 5.03. The van der Waals surface area contributed by atoms with Gasteiger partial charge in [-0.25, -0.2) is 4.98 Å². The second kappa shape index (κ2) is 5.21. The summed E-state index contributed by atoms with van der Waals surface area (Å²) >= 11 is 1.97. The highest BCUT2D eigenvalue weighted by molar-refractivity contribution is 8.00. The van der Waals surface area contributed by atoms with Gasteiger partial charge in [-0.05, 0) is 32.9 Å². The number of anilines is 1. The fraction of sp³-hybridized carbons (Fsp3) is 0.750. The molecule has 1 aromatic rings. The van der Waals surface area contributed by atoms with Crippen molar-refractivity contribution in [3.8, 4) is 0 Å². The maximum absolute atomic E-state index is 4.41. The first-order chi connectivity index (χ1) is 8.15. The van der Waals surface area contributed by atoms with Crippen molar-refractivity contribution in [1.82, 2.24) is 15.2 Å². The number of aryl methyl sites for hydroxylation is 2. The highest BCUT2D eigenvalue weighted by atomic mass is 32.2. The summed E-state index contributed by atoms with van der Waals surface area (Å²) in [5, 5.41) is 11.5. The maximum atomic E-state index is 4.41. The lowest BCUT2D eigenvalue weighted by atomic mass is 10.1. The Balaban J connectivity index is 1.99. The van der Waals surface area contributed by atoms with E-state index < -0.39 is 0 Å². The van der Waals surface area contributed by atoms with Gasteiger partial charge in [0, 0.05) is 11.3 Å². The number of nitrogens with one attached hydrogen (secondary N) is 1. The summed E-state index contributed by atoms with van der Waals surface area (Å²) in [6, 6.07) is 0. The standard InChI is InChI=1S/C12H20N4S/c1-9-10(2)15-16-11(14-9)13-8-12(17-3)6-4-5-7-12/h4-8H2,1-3H3,(H,13,14,16). The lowest BCUT2D eigenvalue weighted by Crippen LogP contribution is -2.30. The normalized spacial score (nSPS) is 18.3. The molecule has 0 bridgehead atoms. The topological polar surface area (TPSA) is 50.7 Å². The van der Waals surface area contributed by atoms with Gasteiger partial charge >= 0.3 is 0 Å². The minimum Gasteiger partial charge on any atom is -0.352 e. The molecular formula is C12H20N4S. The van der Waals surface area contributed by atoms with E-state index in [0.29, 0.717) is 10.7 Å². The van der Waals surface area contributed by atoms with Gasteiger partial charge in [-0.3, -0.25) is 0 Å². The summed E-state index contributed by atoms with van der Waals surface area (Å²) in [7, 11) is 0. The van der Waals surface area contributed by atoms with Crippen LogP contribution in [0.3, 0.4) is 0 Å². The minimum atomic E-state index is 0.377. The predicted octanol–water partition coefficient (Wildman–Crippen LogP) is 2.58. The van der Waals surface area contributed by atoms with E-state index in [2.05, 4.69) is 26.8 Å². The Labute approximate surface area is 107 Å². The van der Waals surface area contributed by atoms with Crippen LogP contribution in [0, 0.1) is 13.8 Å². The first kappa shape index (κ1) is 12.6. The average molecular weight is 252 g/mol. The summed E-state index contributed by atoms with van der Waals surface area (Å²) in [6.45, 7) is 4.84. The molecule has 1 heterocycles. The molecule has 17 heavy (non-hydrogen) atoms. The van der Waals surface area contributed by atoms with Gasteiger partial charge in [0.25, 0.3) is 0 Å². The summed E-state index contributed by atoms with van der Waals surface area (Å²) < 4.78 is 0.377. The van der Waals surface area contributed by atoms with Crippen LogP contribution in [0.2, 0.25) is 0 Å².